The second-order valence-electron chi connectivity index (χ2n) is 8.40. The van der Waals surface area contributed by atoms with E-state index in [1.54, 1.807) is 33.3 Å². The molecule has 4 nitrogen and oxygen atoms in total. The van der Waals surface area contributed by atoms with Crippen LogP contribution in [-0.4, -0.2) is 21.3 Å². The van der Waals surface area contributed by atoms with Crippen LogP contribution in [0.2, 0.25) is 0 Å². The number of hydrogen-bond acceptors (Lipinski definition) is 5. The molecule has 0 atom stereocenters. The van der Waals surface area contributed by atoms with Crippen LogP contribution >= 0.6 is 11.9 Å². The lowest BCUT2D eigenvalue weighted by atomic mass is 9.87. The first-order valence-corrected chi connectivity index (χ1v) is 11.3. The Hall–Kier alpha value is -3.05. The number of rotatable bonds is 8. The molecule has 3 rings (SSSR count). The number of methoxy groups -OCH3 is 3. The van der Waals surface area contributed by atoms with Crippen molar-refractivity contribution < 1.29 is 14.2 Å². The second-order valence-corrected chi connectivity index (χ2v) is 9.28. The van der Waals surface area contributed by atoms with Gasteiger partial charge < -0.3 is 18.9 Å². The van der Waals surface area contributed by atoms with Crippen molar-refractivity contribution in [3.8, 4) is 17.2 Å². The van der Waals surface area contributed by atoms with Gasteiger partial charge in [0, 0.05) is 10.6 Å². The van der Waals surface area contributed by atoms with E-state index in [1.807, 2.05) is 18.2 Å². The minimum atomic E-state index is 0.141. The average molecular weight is 450 g/mol. The fraction of sp³-hybridized carbons (Fsp3) is 0.259. The zero-order valence-electron chi connectivity index (χ0n) is 19.6. The van der Waals surface area contributed by atoms with Crippen molar-refractivity contribution >= 4 is 29.8 Å². The van der Waals surface area contributed by atoms with Gasteiger partial charge in [0.25, 0.3) is 0 Å². The Bertz CT molecular complexity index is 1040. The average Bonchev–Trinajstić information content (AvgIpc) is 2.80. The molecule has 0 aliphatic heterocycles. The van der Waals surface area contributed by atoms with Crippen LogP contribution in [0.25, 0.3) is 12.2 Å². The topological polar surface area (TPSA) is 39.7 Å². The summed E-state index contributed by atoms with van der Waals surface area (Å²) >= 11 is 1.62. The van der Waals surface area contributed by atoms with Crippen molar-refractivity contribution in [1.82, 2.24) is 0 Å². The maximum atomic E-state index is 5.43. The Kier molecular flexibility index (Phi) is 7.75. The van der Waals surface area contributed by atoms with Crippen LogP contribution in [0.5, 0.6) is 17.2 Å². The van der Waals surface area contributed by atoms with Crippen molar-refractivity contribution in [2.24, 2.45) is 0 Å². The number of anilines is 1. The summed E-state index contributed by atoms with van der Waals surface area (Å²) in [6.45, 7) is 6.69. The summed E-state index contributed by atoms with van der Waals surface area (Å²) in [5.41, 5.74) is 4.60. The summed E-state index contributed by atoms with van der Waals surface area (Å²) in [6, 6.07) is 20.8. The van der Waals surface area contributed by atoms with Crippen LogP contribution in [0.3, 0.4) is 0 Å². The molecule has 0 saturated heterocycles. The van der Waals surface area contributed by atoms with Crippen molar-refractivity contribution in [3.05, 3.63) is 77.4 Å². The lowest BCUT2D eigenvalue weighted by molar-refractivity contribution is 0.324. The summed E-state index contributed by atoms with van der Waals surface area (Å²) in [5.74, 6) is 1.87. The van der Waals surface area contributed by atoms with Crippen LogP contribution in [0.1, 0.15) is 37.5 Å². The molecular formula is C27H31NO3S. The highest BCUT2D eigenvalue weighted by molar-refractivity contribution is 8.00. The van der Waals surface area contributed by atoms with Gasteiger partial charge in [-0.1, -0.05) is 57.2 Å². The normalized spacial score (nSPS) is 11.4. The largest absolute Gasteiger partial charge is 0.493 e. The van der Waals surface area contributed by atoms with Gasteiger partial charge in [0.15, 0.2) is 11.5 Å². The molecule has 168 valence electrons. The molecule has 0 saturated carbocycles. The number of hydrogen-bond donors (Lipinski definition) is 1. The van der Waals surface area contributed by atoms with Crippen molar-refractivity contribution in [2.45, 2.75) is 31.1 Å². The molecule has 0 heterocycles. The van der Waals surface area contributed by atoms with E-state index in [4.69, 9.17) is 14.2 Å². The third-order valence-corrected chi connectivity index (χ3v) is 5.88. The smallest absolute Gasteiger partial charge is 0.203 e. The molecule has 0 amide bonds. The number of ether oxygens (including phenoxy) is 3. The van der Waals surface area contributed by atoms with Gasteiger partial charge in [-0.3, -0.25) is 0 Å². The summed E-state index contributed by atoms with van der Waals surface area (Å²) in [7, 11) is 4.84. The Morgan fingerprint density at radius 3 is 1.94 bits per heavy atom. The zero-order valence-corrected chi connectivity index (χ0v) is 20.4. The van der Waals surface area contributed by atoms with Crippen molar-refractivity contribution in [1.29, 1.82) is 0 Å². The summed E-state index contributed by atoms with van der Waals surface area (Å²) in [6.07, 6.45) is 4.09. The van der Waals surface area contributed by atoms with Crippen LogP contribution in [-0.2, 0) is 5.41 Å². The van der Waals surface area contributed by atoms with Gasteiger partial charge in [-0.15, -0.1) is 0 Å². The third-order valence-electron chi connectivity index (χ3n) is 5.05. The van der Waals surface area contributed by atoms with E-state index in [9.17, 15) is 0 Å². The summed E-state index contributed by atoms with van der Waals surface area (Å²) in [4.78, 5) is 1.20. The van der Waals surface area contributed by atoms with Gasteiger partial charge >= 0.3 is 0 Å². The predicted octanol–water partition coefficient (Wildman–Crippen LogP) is 7.30. The highest BCUT2D eigenvalue weighted by Gasteiger charge is 2.14. The molecule has 0 radical (unpaired) electrons. The highest BCUT2D eigenvalue weighted by atomic mass is 32.2. The second kappa shape index (κ2) is 10.5. The van der Waals surface area contributed by atoms with Gasteiger partial charge in [0.05, 0.1) is 21.3 Å². The van der Waals surface area contributed by atoms with Gasteiger partial charge in [0.1, 0.15) is 0 Å². The molecule has 0 unspecified atom stereocenters. The lowest BCUT2D eigenvalue weighted by Crippen LogP contribution is -2.10. The van der Waals surface area contributed by atoms with E-state index in [-0.39, 0.29) is 5.41 Å². The van der Waals surface area contributed by atoms with E-state index < -0.39 is 0 Å². The van der Waals surface area contributed by atoms with Crippen LogP contribution in [0, 0.1) is 0 Å². The van der Waals surface area contributed by atoms with E-state index in [1.165, 1.54) is 10.5 Å². The van der Waals surface area contributed by atoms with E-state index in [0.717, 1.165) is 16.8 Å². The first kappa shape index (κ1) is 23.6. The van der Waals surface area contributed by atoms with Crippen molar-refractivity contribution in [3.63, 3.8) is 0 Å². The van der Waals surface area contributed by atoms with E-state index in [0.29, 0.717) is 17.2 Å². The Labute approximate surface area is 195 Å². The van der Waals surface area contributed by atoms with Gasteiger partial charge in [-0.05, 0) is 70.5 Å². The van der Waals surface area contributed by atoms with Gasteiger partial charge in [-0.25, -0.2) is 0 Å². The number of benzene rings is 3. The van der Waals surface area contributed by atoms with Crippen molar-refractivity contribution in [2.75, 3.05) is 26.1 Å². The molecule has 3 aromatic rings. The molecular weight excluding hydrogens is 418 g/mol. The first-order valence-electron chi connectivity index (χ1n) is 10.5. The molecule has 5 heteroatoms. The van der Waals surface area contributed by atoms with E-state index >= 15 is 0 Å². The van der Waals surface area contributed by atoms with Gasteiger partial charge in [0.2, 0.25) is 5.75 Å². The first-order chi connectivity index (χ1) is 15.3. The molecule has 32 heavy (non-hydrogen) atoms. The van der Waals surface area contributed by atoms with Gasteiger partial charge in [-0.2, -0.15) is 0 Å². The lowest BCUT2D eigenvalue weighted by Gasteiger charge is -2.19. The molecule has 3 aromatic carbocycles. The monoisotopic (exact) mass is 449 g/mol. The minimum absolute atomic E-state index is 0.141. The Morgan fingerprint density at radius 1 is 0.750 bits per heavy atom. The molecule has 0 aliphatic carbocycles. The molecule has 0 fully saturated rings. The van der Waals surface area contributed by atoms with Crippen LogP contribution in [0.4, 0.5) is 5.69 Å². The Morgan fingerprint density at radius 2 is 1.38 bits per heavy atom. The maximum absolute atomic E-state index is 5.43. The summed E-state index contributed by atoms with van der Waals surface area (Å²) < 4.78 is 19.7. The molecule has 0 aromatic heterocycles. The maximum Gasteiger partial charge on any atom is 0.203 e. The minimum Gasteiger partial charge on any atom is -0.493 e. The fourth-order valence-corrected chi connectivity index (χ4v) is 3.90. The standard InChI is InChI=1S/C27H31NO3S/c1-27(2,3)21-8-7-9-23(18-21)32-28-22-14-12-19(13-15-22)10-11-20-16-24(29-4)26(31-6)25(17-20)30-5/h7-18,28H,1-6H3/b11-10-. The summed E-state index contributed by atoms with van der Waals surface area (Å²) in [5, 5.41) is 0. The SMILES string of the molecule is COc1cc(/C=C\c2ccc(NSc3cccc(C(C)(C)C)c3)cc2)cc(OC)c1OC. The molecule has 0 spiro atoms. The predicted molar refractivity (Wildman–Crippen MR) is 136 cm³/mol. The third kappa shape index (κ3) is 6.01. The van der Waals surface area contributed by atoms with Crippen LogP contribution in [0.15, 0.2) is 65.6 Å². The quantitative estimate of drug-likeness (QED) is 0.289. The molecule has 0 bridgehead atoms. The highest BCUT2D eigenvalue weighted by Crippen LogP contribution is 2.38. The number of nitrogens with one attached hydrogen (secondary N) is 1. The molecule has 1 N–H and O–H groups in total. The Balaban J connectivity index is 1.67. The fourth-order valence-electron chi connectivity index (χ4n) is 3.20. The van der Waals surface area contributed by atoms with E-state index in [2.05, 4.69) is 80.1 Å². The molecule has 0 aliphatic rings. The zero-order chi connectivity index (χ0) is 23.1. The van der Waals surface area contributed by atoms with Crippen LogP contribution < -0.4 is 18.9 Å².